The summed E-state index contributed by atoms with van der Waals surface area (Å²) in [5, 5.41) is 0. The summed E-state index contributed by atoms with van der Waals surface area (Å²) >= 11 is 0. The van der Waals surface area contributed by atoms with Crippen molar-refractivity contribution in [1.82, 2.24) is 19.8 Å². The van der Waals surface area contributed by atoms with E-state index in [2.05, 4.69) is 16.5 Å². The predicted molar refractivity (Wildman–Crippen MR) is 87.9 cm³/mol. The van der Waals surface area contributed by atoms with E-state index in [-0.39, 0.29) is 11.8 Å². The van der Waals surface area contributed by atoms with E-state index in [0.29, 0.717) is 23.7 Å². The number of aromatic nitrogens is 2. The Morgan fingerprint density at radius 1 is 1.39 bits per heavy atom. The standard InChI is InChI=1S/C17H24N4O2/c1-12(2)16(22)21-7-5-6-13(10-21)8-14-9-15(19-11-18-14)17(23)20(3)4/h9,11,13H,1,5-8,10H2,2-4H3. The highest BCUT2D eigenvalue weighted by Gasteiger charge is 2.24. The van der Waals surface area contributed by atoms with E-state index in [9.17, 15) is 9.59 Å². The molecule has 2 amide bonds. The van der Waals surface area contributed by atoms with Crippen molar-refractivity contribution < 1.29 is 9.59 Å². The van der Waals surface area contributed by atoms with Crippen molar-refractivity contribution in [2.24, 2.45) is 5.92 Å². The van der Waals surface area contributed by atoms with Crippen molar-refractivity contribution >= 4 is 11.8 Å². The van der Waals surface area contributed by atoms with Crippen molar-refractivity contribution in [3.8, 4) is 0 Å². The Morgan fingerprint density at radius 3 is 2.78 bits per heavy atom. The maximum atomic E-state index is 12.1. The zero-order valence-corrected chi connectivity index (χ0v) is 14.1. The molecule has 1 atom stereocenters. The summed E-state index contributed by atoms with van der Waals surface area (Å²) in [4.78, 5) is 35.7. The van der Waals surface area contributed by atoms with Gasteiger partial charge in [0, 0.05) is 38.5 Å². The molecular formula is C17H24N4O2. The Hall–Kier alpha value is -2.24. The molecule has 0 bridgehead atoms. The molecule has 0 spiro atoms. The van der Waals surface area contributed by atoms with Gasteiger partial charge in [-0.3, -0.25) is 9.59 Å². The van der Waals surface area contributed by atoms with Gasteiger partial charge in [0.2, 0.25) is 5.91 Å². The first-order valence-corrected chi connectivity index (χ1v) is 7.86. The molecule has 1 aliphatic heterocycles. The highest BCUT2D eigenvalue weighted by Crippen LogP contribution is 2.21. The summed E-state index contributed by atoms with van der Waals surface area (Å²) in [6.45, 7) is 6.98. The first-order chi connectivity index (χ1) is 10.9. The average Bonchev–Trinajstić information content (AvgIpc) is 2.53. The van der Waals surface area contributed by atoms with Crippen molar-refractivity contribution in [2.45, 2.75) is 26.2 Å². The van der Waals surface area contributed by atoms with Gasteiger partial charge in [-0.25, -0.2) is 9.97 Å². The van der Waals surface area contributed by atoms with Crippen molar-refractivity contribution in [3.05, 3.63) is 35.9 Å². The van der Waals surface area contributed by atoms with Crippen molar-refractivity contribution in [3.63, 3.8) is 0 Å². The maximum Gasteiger partial charge on any atom is 0.272 e. The molecule has 1 aromatic heterocycles. The number of piperidine rings is 1. The van der Waals surface area contributed by atoms with E-state index >= 15 is 0 Å². The van der Waals surface area contributed by atoms with Crippen LogP contribution in [0.3, 0.4) is 0 Å². The van der Waals surface area contributed by atoms with E-state index < -0.39 is 0 Å². The molecule has 124 valence electrons. The number of rotatable bonds is 4. The van der Waals surface area contributed by atoms with Crippen LogP contribution in [0.25, 0.3) is 0 Å². The number of hydrogen-bond acceptors (Lipinski definition) is 4. The highest BCUT2D eigenvalue weighted by molar-refractivity contribution is 5.92. The molecule has 1 aliphatic rings. The van der Waals surface area contributed by atoms with E-state index in [1.165, 1.54) is 11.2 Å². The molecule has 1 saturated heterocycles. The van der Waals surface area contributed by atoms with Crippen LogP contribution in [0.15, 0.2) is 24.5 Å². The summed E-state index contributed by atoms with van der Waals surface area (Å²) in [6, 6.07) is 1.75. The number of carbonyl (C=O) groups excluding carboxylic acids is 2. The van der Waals surface area contributed by atoms with E-state index in [4.69, 9.17) is 0 Å². The Bertz CT molecular complexity index is 612. The van der Waals surface area contributed by atoms with Crippen LogP contribution in [0.4, 0.5) is 0 Å². The number of nitrogens with zero attached hydrogens (tertiary/aromatic N) is 4. The van der Waals surface area contributed by atoms with Crippen LogP contribution in [0.5, 0.6) is 0 Å². The highest BCUT2D eigenvalue weighted by atomic mass is 16.2. The molecule has 0 aromatic carbocycles. The molecule has 1 unspecified atom stereocenters. The molecule has 2 rings (SSSR count). The molecule has 0 saturated carbocycles. The van der Waals surface area contributed by atoms with Gasteiger partial charge in [0.25, 0.3) is 5.91 Å². The number of likely N-dealkylation sites (tertiary alicyclic amines) is 1. The second kappa shape index (κ2) is 7.35. The second-order valence-corrected chi connectivity index (χ2v) is 6.34. The molecule has 23 heavy (non-hydrogen) atoms. The number of hydrogen-bond donors (Lipinski definition) is 0. The van der Waals surface area contributed by atoms with Gasteiger partial charge in [0.15, 0.2) is 0 Å². The third-order valence-electron chi connectivity index (χ3n) is 4.02. The fourth-order valence-corrected chi connectivity index (χ4v) is 2.84. The van der Waals surface area contributed by atoms with Crippen molar-refractivity contribution in [2.75, 3.05) is 27.2 Å². The molecule has 2 heterocycles. The van der Waals surface area contributed by atoms with Gasteiger partial charge in [0.1, 0.15) is 12.0 Å². The number of amides is 2. The normalized spacial score (nSPS) is 17.7. The van der Waals surface area contributed by atoms with Crippen LogP contribution in [0.2, 0.25) is 0 Å². The van der Waals surface area contributed by atoms with Gasteiger partial charge >= 0.3 is 0 Å². The van der Waals surface area contributed by atoms with Crippen LogP contribution in [0, 0.1) is 5.92 Å². The minimum Gasteiger partial charge on any atom is -0.343 e. The summed E-state index contributed by atoms with van der Waals surface area (Å²) in [5.41, 5.74) is 1.83. The topological polar surface area (TPSA) is 66.4 Å². The molecule has 1 fully saturated rings. The molecule has 0 N–H and O–H groups in total. The lowest BCUT2D eigenvalue weighted by Crippen LogP contribution is -2.40. The average molecular weight is 316 g/mol. The van der Waals surface area contributed by atoms with Crippen LogP contribution >= 0.6 is 0 Å². The first kappa shape index (κ1) is 17.1. The van der Waals surface area contributed by atoms with E-state index in [1.54, 1.807) is 27.1 Å². The van der Waals surface area contributed by atoms with E-state index in [1.807, 2.05) is 4.90 Å². The molecule has 0 radical (unpaired) electrons. The van der Waals surface area contributed by atoms with Gasteiger partial charge in [-0.2, -0.15) is 0 Å². The molecule has 6 heteroatoms. The fraction of sp³-hybridized carbons (Fsp3) is 0.529. The van der Waals surface area contributed by atoms with Crippen LogP contribution in [-0.2, 0) is 11.2 Å². The largest absolute Gasteiger partial charge is 0.343 e. The molecular weight excluding hydrogens is 292 g/mol. The minimum absolute atomic E-state index is 0.0286. The van der Waals surface area contributed by atoms with Crippen molar-refractivity contribution in [1.29, 1.82) is 0 Å². The second-order valence-electron chi connectivity index (χ2n) is 6.34. The summed E-state index contributed by atoms with van der Waals surface area (Å²) in [6.07, 6.45) is 4.22. The smallest absolute Gasteiger partial charge is 0.272 e. The third kappa shape index (κ3) is 4.37. The zero-order chi connectivity index (χ0) is 17.0. The van der Waals surface area contributed by atoms with Gasteiger partial charge in [-0.15, -0.1) is 0 Å². The first-order valence-electron chi connectivity index (χ1n) is 7.86. The Balaban J connectivity index is 2.04. The molecule has 6 nitrogen and oxygen atoms in total. The predicted octanol–water partition coefficient (Wildman–Crippen LogP) is 1.54. The van der Waals surface area contributed by atoms with Crippen LogP contribution < -0.4 is 0 Å². The summed E-state index contributed by atoms with van der Waals surface area (Å²) < 4.78 is 0. The van der Waals surface area contributed by atoms with Crippen LogP contribution in [0.1, 0.15) is 35.9 Å². The Kier molecular flexibility index (Phi) is 5.47. The van der Waals surface area contributed by atoms with Gasteiger partial charge in [0.05, 0.1) is 0 Å². The SMILES string of the molecule is C=C(C)C(=O)N1CCCC(Cc2cc(C(=O)N(C)C)ncn2)C1. The quantitative estimate of drug-likeness (QED) is 0.790. The lowest BCUT2D eigenvalue weighted by molar-refractivity contribution is -0.128. The van der Waals surface area contributed by atoms with E-state index in [0.717, 1.165) is 31.5 Å². The minimum atomic E-state index is -0.128. The van der Waals surface area contributed by atoms with Gasteiger partial charge in [-0.1, -0.05) is 6.58 Å². The number of carbonyl (C=O) groups is 2. The van der Waals surface area contributed by atoms with Gasteiger partial charge < -0.3 is 9.80 Å². The molecule has 0 aliphatic carbocycles. The fourth-order valence-electron chi connectivity index (χ4n) is 2.84. The monoisotopic (exact) mass is 316 g/mol. The summed E-state index contributed by atoms with van der Waals surface area (Å²) in [5.74, 6) is 0.251. The lowest BCUT2D eigenvalue weighted by Gasteiger charge is -2.32. The summed E-state index contributed by atoms with van der Waals surface area (Å²) in [7, 11) is 3.40. The zero-order valence-electron chi connectivity index (χ0n) is 14.1. The van der Waals surface area contributed by atoms with Crippen LogP contribution in [-0.4, -0.2) is 58.8 Å². The lowest BCUT2D eigenvalue weighted by atomic mass is 9.92. The molecule has 1 aromatic rings. The van der Waals surface area contributed by atoms with Gasteiger partial charge in [-0.05, 0) is 38.2 Å². The Labute approximate surface area is 137 Å². The third-order valence-corrected chi connectivity index (χ3v) is 4.02. The Morgan fingerprint density at radius 2 is 2.13 bits per heavy atom. The maximum absolute atomic E-state index is 12.1.